The standard InChI is InChI=1S/C31H32N2O3/c1-21(32-31(34)27-18-17-24(35-2)20-29(27)36-3)33-19-9-8-14-28(33)30-25-12-6-4-10-22(25)15-16-23-11-5-7-13-26(23)30/h4-7,10-13,15-18,20-21H,8-9,14,19H2,1-3H3,(H,32,34). The fourth-order valence-corrected chi connectivity index (χ4v) is 5.26. The highest BCUT2D eigenvalue weighted by Gasteiger charge is 2.28. The van der Waals surface area contributed by atoms with Gasteiger partial charge < -0.3 is 19.7 Å². The van der Waals surface area contributed by atoms with Crippen molar-refractivity contribution in [2.24, 2.45) is 0 Å². The molecule has 5 nitrogen and oxygen atoms in total. The second kappa shape index (κ2) is 10.3. The molecule has 1 atom stereocenters. The first kappa shape index (κ1) is 23.7. The molecule has 1 aliphatic carbocycles. The maximum Gasteiger partial charge on any atom is 0.256 e. The third-order valence-electron chi connectivity index (χ3n) is 7.06. The van der Waals surface area contributed by atoms with E-state index in [1.165, 1.54) is 33.5 Å². The van der Waals surface area contributed by atoms with Gasteiger partial charge in [0.1, 0.15) is 11.5 Å². The summed E-state index contributed by atoms with van der Waals surface area (Å²) >= 11 is 0. The van der Waals surface area contributed by atoms with Crippen LogP contribution in [0, 0.1) is 0 Å². The van der Waals surface area contributed by atoms with Gasteiger partial charge in [0.15, 0.2) is 0 Å². The highest BCUT2D eigenvalue weighted by atomic mass is 16.5. The van der Waals surface area contributed by atoms with E-state index in [0.717, 1.165) is 25.8 Å². The van der Waals surface area contributed by atoms with Crippen molar-refractivity contribution in [1.29, 1.82) is 0 Å². The Morgan fingerprint density at radius 2 is 1.56 bits per heavy atom. The Hall–Kier alpha value is -3.99. The predicted octanol–water partition coefficient (Wildman–Crippen LogP) is 6.21. The molecule has 36 heavy (non-hydrogen) atoms. The Morgan fingerprint density at radius 1 is 0.889 bits per heavy atom. The van der Waals surface area contributed by atoms with Crippen molar-refractivity contribution in [3.8, 4) is 11.5 Å². The number of allylic oxidation sites excluding steroid dienone is 1. The van der Waals surface area contributed by atoms with Crippen LogP contribution < -0.4 is 14.8 Å². The van der Waals surface area contributed by atoms with Crippen LogP contribution in [0.5, 0.6) is 11.5 Å². The van der Waals surface area contributed by atoms with Gasteiger partial charge in [0.05, 0.1) is 25.9 Å². The Balaban J connectivity index is 1.54. The van der Waals surface area contributed by atoms with E-state index in [2.05, 4.69) is 77.8 Å². The van der Waals surface area contributed by atoms with Crippen LogP contribution in [0.1, 0.15) is 58.8 Å². The average Bonchev–Trinajstić information content (AvgIpc) is 3.09. The van der Waals surface area contributed by atoms with Gasteiger partial charge in [0.2, 0.25) is 0 Å². The van der Waals surface area contributed by atoms with Crippen molar-refractivity contribution >= 4 is 23.6 Å². The van der Waals surface area contributed by atoms with Crippen molar-refractivity contribution in [3.63, 3.8) is 0 Å². The first-order chi connectivity index (χ1) is 17.6. The third kappa shape index (κ3) is 4.49. The van der Waals surface area contributed by atoms with Crippen LogP contribution in [-0.2, 0) is 0 Å². The number of likely N-dealkylation sites (tertiary alicyclic amines) is 1. The Labute approximate surface area is 213 Å². The zero-order chi connectivity index (χ0) is 25.1. The van der Waals surface area contributed by atoms with Crippen LogP contribution >= 0.6 is 0 Å². The van der Waals surface area contributed by atoms with Gasteiger partial charge in [-0.1, -0.05) is 60.7 Å². The van der Waals surface area contributed by atoms with E-state index in [1.807, 2.05) is 0 Å². The second-order valence-electron chi connectivity index (χ2n) is 9.20. The molecule has 3 aromatic carbocycles. The number of hydrogen-bond donors (Lipinski definition) is 1. The summed E-state index contributed by atoms with van der Waals surface area (Å²) in [6, 6.07) is 22.4. The van der Waals surface area contributed by atoms with Gasteiger partial charge in [-0.2, -0.15) is 0 Å². The van der Waals surface area contributed by atoms with Crippen LogP contribution in [0.25, 0.3) is 17.7 Å². The van der Waals surface area contributed by atoms with Gasteiger partial charge >= 0.3 is 0 Å². The van der Waals surface area contributed by atoms with Crippen LogP contribution in [0.4, 0.5) is 0 Å². The van der Waals surface area contributed by atoms with Crippen LogP contribution in [0.15, 0.2) is 72.4 Å². The monoisotopic (exact) mass is 480 g/mol. The molecule has 1 N–H and O–H groups in total. The molecule has 1 saturated heterocycles. The molecular formula is C31H32N2O3. The smallest absolute Gasteiger partial charge is 0.256 e. The van der Waals surface area contributed by atoms with E-state index in [0.29, 0.717) is 17.1 Å². The van der Waals surface area contributed by atoms with Crippen molar-refractivity contribution in [2.75, 3.05) is 20.8 Å². The minimum absolute atomic E-state index is 0.166. The summed E-state index contributed by atoms with van der Waals surface area (Å²) in [6.07, 6.45) is 7.39. The van der Waals surface area contributed by atoms with Crippen LogP contribution in [0.3, 0.4) is 0 Å². The topological polar surface area (TPSA) is 50.8 Å². The molecule has 2 aliphatic rings. The molecule has 0 radical (unpaired) electrons. The van der Waals surface area contributed by atoms with Gasteiger partial charge in [-0.05, 0) is 60.6 Å². The zero-order valence-corrected chi connectivity index (χ0v) is 21.1. The third-order valence-corrected chi connectivity index (χ3v) is 7.06. The number of fused-ring (bicyclic) bond motifs is 2. The summed E-state index contributed by atoms with van der Waals surface area (Å²) in [6.45, 7) is 2.95. The number of nitrogens with zero attached hydrogens (tertiary/aromatic N) is 1. The number of nitrogens with one attached hydrogen (secondary N) is 1. The molecule has 3 aromatic rings. The minimum Gasteiger partial charge on any atom is -0.497 e. The van der Waals surface area contributed by atoms with E-state index in [9.17, 15) is 4.79 Å². The Morgan fingerprint density at radius 3 is 2.19 bits per heavy atom. The van der Waals surface area contributed by atoms with E-state index < -0.39 is 0 Å². The summed E-state index contributed by atoms with van der Waals surface area (Å²) in [5.41, 5.74) is 7.91. The number of benzene rings is 3. The van der Waals surface area contributed by atoms with Gasteiger partial charge in [-0.15, -0.1) is 0 Å². The van der Waals surface area contributed by atoms with Crippen molar-refractivity contribution in [2.45, 2.75) is 32.4 Å². The Bertz CT molecular complexity index is 1290. The number of methoxy groups -OCH3 is 2. The lowest BCUT2D eigenvalue weighted by Crippen LogP contribution is -2.47. The van der Waals surface area contributed by atoms with Gasteiger partial charge in [-0.25, -0.2) is 0 Å². The first-order valence-electron chi connectivity index (χ1n) is 12.5. The Kier molecular flexibility index (Phi) is 6.81. The number of ether oxygens (including phenoxy) is 2. The summed E-state index contributed by atoms with van der Waals surface area (Å²) in [5.74, 6) is 0.980. The molecule has 5 rings (SSSR count). The van der Waals surface area contributed by atoms with Crippen LogP contribution in [-0.4, -0.2) is 37.7 Å². The number of piperidine rings is 1. The molecule has 0 spiro atoms. The number of amides is 1. The normalized spacial score (nSPS) is 15.5. The molecule has 1 amide bonds. The summed E-state index contributed by atoms with van der Waals surface area (Å²) in [5, 5.41) is 3.23. The van der Waals surface area contributed by atoms with E-state index in [-0.39, 0.29) is 12.1 Å². The van der Waals surface area contributed by atoms with Crippen molar-refractivity contribution in [1.82, 2.24) is 10.2 Å². The van der Waals surface area contributed by atoms with Crippen molar-refractivity contribution in [3.05, 3.63) is 100 Å². The number of carbonyl (C=O) groups is 1. The molecule has 1 aliphatic heterocycles. The number of carbonyl (C=O) groups excluding carboxylic acids is 1. The highest BCUT2D eigenvalue weighted by Crippen LogP contribution is 2.40. The predicted molar refractivity (Wildman–Crippen MR) is 145 cm³/mol. The maximum atomic E-state index is 13.3. The maximum absolute atomic E-state index is 13.3. The molecule has 1 heterocycles. The van der Waals surface area contributed by atoms with Gasteiger partial charge in [0, 0.05) is 23.9 Å². The fraction of sp³-hybridized carbons (Fsp3) is 0.258. The second-order valence-corrected chi connectivity index (χ2v) is 9.20. The summed E-state index contributed by atoms with van der Waals surface area (Å²) < 4.78 is 10.8. The fourth-order valence-electron chi connectivity index (χ4n) is 5.26. The largest absolute Gasteiger partial charge is 0.497 e. The molecule has 184 valence electrons. The average molecular weight is 481 g/mol. The zero-order valence-electron chi connectivity index (χ0n) is 21.1. The lowest BCUT2D eigenvalue weighted by molar-refractivity contribution is 0.0877. The number of hydrogen-bond acceptors (Lipinski definition) is 4. The van der Waals surface area contributed by atoms with E-state index in [1.54, 1.807) is 32.4 Å². The van der Waals surface area contributed by atoms with E-state index >= 15 is 0 Å². The summed E-state index contributed by atoms with van der Waals surface area (Å²) in [7, 11) is 3.17. The molecule has 5 heteroatoms. The first-order valence-corrected chi connectivity index (χ1v) is 12.5. The molecule has 0 bridgehead atoms. The molecule has 0 aromatic heterocycles. The van der Waals surface area contributed by atoms with E-state index in [4.69, 9.17) is 9.47 Å². The highest BCUT2D eigenvalue weighted by molar-refractivity contribution is 5.97. The molecule has 0 saturated carbocycles. The number of rotatable bonds is 5. The van der Waals surface area contributed by atoms with Crippen LogP contribution in [0.2, 0.25) is 0 Å². The lowest BCUT2D eigenvalue weighted by atomic mass is 9.88. The van der Waals surface area contributed by atoms with Gasteiger partial charge in [-0.3, -0.25) is 4.79 Å². The van der Waals surface area contributed by atoms with Gasteiger partial charge in [0.25, 0.3) is 5.91 Å². The summed E-state index contributed by atoms with van der Waals surface area (Å²) in [4.78, 5) is 15.7. The molecule has 1 unspecified atom stereocenters. The lowest BCUT2D eigenvalue weighted by Gasteiger charge is -2.39. The SMILES string of the molecule is COc1ccc(C(=O)NC(C)N2CCCCC2=C2c3ccccc3C=Cc3ccccc32)c(OC)c1. The quantitative estimate of drug-likeness (QED) is 0.369. The minimum atomic E-state index is -0.192. The van der Waals surface area contributed by atoms with Crippen molar-refractivity contribution < 1.29 is 14.3 Å². The molecular weight excluding hydrogens is 448 g/mol. The molecule has 1 fully saturated rings.